The van der Waals surface area contributed by atoms with E-state index in [0.717, 1.165) is 36.0 Å². The normalized spacial score (nSPS) is 17.0. The Balaban J connectivity index is 1.58. The fraction of sp³-hybridized carbons (Fsp3) is 0.417. The maximum atomic E-state index is 13.2. The number of hydrogen-bond donors (Lipinski definition) is 2. The molecule has 2 N–H and O–H groups in total. The number of carbonyl (C=O) groups excluding carboxylic acids is 2. The molecular weight excluding hydrogens is 426 g/mol. The van der Waals surface area contributed by atoms with Crippen LogP contribution in [0, 0.1) is 20.8 Å². The monoisotopic (exact) mass is 457 g/mol. The zero-order chi connectivity index (χ0) is 23.3. The number of nitrogens with zero attached hydrogens (tertiary/aromatic N) is 1. The number of benzene rings is 2. The number of rotatable bonds is 6. The van der Waals surface area contributed by atoms with Crippen molar-refractivity contribution in [2.75, 3.05) is 18.4 Å². The van der Waals surface area contributed by atoms with Gasteiger partial charge in [-0.3, -0.25) is 9.59 Å². The zero-order valence-corrected chi connectivity index (χ0v) is 19.7. The fourth-order valence-electron chi connectivity index (χ4n) is 3.91. The Hall–Kier alpha value is -2.71. The lowest BCUT2D eigenvalue weighted by atomic mass is 10.0. The van der Waals surface area contributed by atoms with Crippen LogP contribution in [0.25, 0.3) is 0 Å². The van der Waals surface area contributed by atoms with E-state index in [0.29, 0.717) is 18.7 Å². The number of anilines is 1. The smallest absolute Gasteiger partial charge is 0.313 e. The minimum Gasteiger partial charge on any atom is -0.348 e. The van der Waals surface area contributed by atoms with Crippen molar-refractivity contribution in [2.45, 2.75) is 57.4 Å². The van der Waals surface area contributed by atoms with Crippen LogP contribution in [0.15, 0.2) is 47.4 Å². The molecule has 1 aliphatic heterocycles. The van der Waals surface area contributed by atoms with E-state index in [1.165, 1.54) is 0 Å². The van der Waals surface area contributed by atoms with Gasteiger partial charge in [-0.05, 0) is 69.4 Å². The van der Waals surface area contributed by atoms with Crippen molar-refractivity contribution in [2.24, 2.45) is 0 Å². The van der Waals surface area contributed by atoms with Crippen molar-refractivity contribution in [3.8, 4) is 0 Å². The molecule has 8 heteroatoms. The number of carbonyl (C=O) groups is 2. The highest BCUT2D eigenvalue weighted by atomic mass is 32.2. The maximum absolute atomic E-state index is 13.2. The molecule has 1 saturated heterocycles. The van der Waals surface area contributed by atoms with Crippen LogP contribution in [0.4, 0.5) is 5.69 Å². The Morgan fingerprint density at radius 2 is 1.66 bits per heavy atom. The maximum Gasteiger partial charge on any atom is 0.313 e. The SMILES string of the molecule is Cc1ccc(S(=O)(=O)N2CCCC[C@@H]2CCNC(=O)C(=O)Nc2cc(C)ccc2C)cc1. The molecule has 1 heterocycles. The highest BCUT2D eigenvalue weighted by molar-refractivity contribution is 7.89. The minimum atomic E-state index is -3.60. The van der Waals surface area contributed by atoms with Gasteiger partial charge in [0.2, 0.25) is 10.0 Å². The first kappa shape index (κ1) is 23.9. The number of nitrogens with one attached hydrogen (secondary N) is 2. The summed E-state index contributed by atoms with van der Waals surface area (Å²) in [6, 6.07) is 12.3. The lowest BCUT2D eigenvalue weighted by molar-refractivity contribution is -0.136. The van der Waals surface area contributed by atoms with Crippen molar-refractivity contribution in [3.05, 3.63) is 59.2 Å². The molecule has 7 nitrogen and oxygen atoms in total. The summed E-state index contributed by atoms with van der Waals surface area (Å²) in [5, 5.41) is 5.27. The molecule has 0 bridgehead atoms. The predicted molar refractivity (Wildman–Crippen MR) is 125 cm³/mol. The molecule has 0 saturated carbocycles. The molecule has 2 aromatic carbocycles. The molecule has 0 spiro atoms. The summed E-state index contributed by atoms with van der Waals surface area (Å²) in [6.45, 7) is 6.37. The number of amides is 2. The van der Waals surface area contributed by atoms with Crippen molar-refractivity contribution < 1.29 is 18.0 Å². The molecule has 3 rings (SSSR count). The number of aryl methyl sites for hydroxylation is 3. The summed E-state index contributed by atoms with van der Waals surface area (Å²) in [7, 11) is -3.60. The Kier molecular flexibility index (Phi) is 7.69. The highest BCUT2D eigenvalue weighted by Crippen LogP contribution is 2.27. The van der Waals surface area contributed by atoms with E-state index in [-0.39, 0.29) is 17.5 Å². The van der Waals surface area contributed by atoms with Crippen LogP contribution >= 0.6 is 0 Å². The summed E-state index contributed by atoms with van der Waals surface area (Å²) in [5.41, 5.74) is 3.46. The van der Waals surface area contributed by atoms with Gasteiger partial charge < -0.3 is 10.6 Å². The first-order chi connectivity index (χ1) is 15.2. The van der Waals surface area contributed by atoms with E-state index in [4.69, 9.17) is 0 Å². The average Bonchev–Trinajstić information content (AvgIpc) is 2.76. The van der Waals surface area contributed by atoms with Gasteiger partial charge in [-0.1, -0.05) is 36.2 Å². The summed E-state index contributed by atoms with van der Waals surface area (Å²) in [5.74, 6) is -1.46. The summed E-state index contributed by atoms with van der Waals surface area (Å²) in [6.07, 6.45) is 2.93. The van der Waals surface area contributed by atoms with Crippen LogP contribution in [0.2, 0.25) is 0 Å². The molecule has 2 amide bonds. The van der Waals surface area contributed by atoms with Crippen LogP contribution in [0.5, 0.6) is 0 Å². The van der Waals surface area contributed by atoms with Gasteiger partial charge in [0, 0.05) is 24.8 Å². The quantitative estimate of drug-likeness (QED) is 0.651. The van der Waals surface area contributed by atoms with Gasteiger partial charge in [-0.2, -0.15) is 4.31 Å². The van der Waals surface area contributed by atoms with E-state index in [2.05, 4.69) is 10.6 Å². The first-order valence-corrected chi connectivity index (χ1v) is 12.4. The second-order valence-electron chi connectivity index (χ2n) is 8.40. The molecular formula is C24H31N3O4S. The molecule has 2 aromatic rings. The Morgan fingerprint density at radius 1 is 0.969 bits per heavy atom. The van der Waals surface area contributed by atoms with E-state index < -0.39 is 21.8 Å². The first-order valence-electron chi connectivity index (χ1n) is 10.9. The van der Waals surface area contributed by atoms with Gasteiger partial charge >= 0.3 is 11.8 Å². The predicted octanol–water partition coefficient (Wildman–Crippen LogP) is 3.30. The molecule has 1 atom stereocenters. The molecule has 32 heavy (non-hydrogen) atoms. The lowest BCUT2D eigenvalue weighted by Gasteiger charge is -2.34. The summed E-state index contributed by atoms with van der Waals surface area (Å²) in [4.78, 5) is 24.8. The largest absolute Gasteiger partial charge is 0.348 e. The molecule has 0 unspecified atom stereocenters. The molecule has 0 radical (unpaired) electrons. The second kappa shape index (κ2) is 10.3. The highest BCUT2D eigenvalue weighted by Gasteiger charge is 2.33. The van der Waals surface area contributed by atoms with E-state index in [1.54, 1.807) is 28.6 Å². The molecule has 1 fully saturated rings. The van der Waals surface area contributed by atoms with E-state index in [1.807, 2.05) is 39.0 Å². The fourth-order valence-corrected chi connectivity index (χ4v) is 5.63. The van der Waals surface area contributed by atoms with Gasteiger partial charge in [-0.25, -0.2) is 8.42 Å². The molecule has 1 aliphatic rings. The summed E-state index contributed by atoms with van der Waals surface area (Å²) >= 11 is 0. The lowest BCUT2D eigenvalue weighted by Crippen LogP contribution is -2.45. The average molecular weight is 458 g/mol. The Morgan fingerprint density at radius 3 is 2.38 bits per heavy atom. The zero-order valence-electron chi connectivity index (χ0n) is 18.8. The third kappa shape index (κ3) is 5.75. The summed E-state index contributed by atoms with van der Waals surface area (Å²) < 4.78 is 27.8. The van der Waals surface area contributed by atoms with Crippen LogP contribution < -0.4 is 10.6 Å². The molecule has 172 valence electrons. The van der Waals surface area contributed by atoms with E-state index >= 15 is 0 Å². The number of sulfonamides is 1. The van der Waals surface area contributed by atoms with Gasteiger partial charge in [0.05, 0.1) is 4.90 Å². The van der Waals surface area contributed by atoms with Gasteiger partial charge in [0.15, 0.2) is 0 Å². The van der Waals surface area contributed by atoms with Gasteiger partial charge in [0.1, 0.15) is 0 Å². The van der Waals surface area contributed by atoms with Gasteiger partial charge in [-0.15, -0.1) is 0 Å². The standard InChI is InChI=1S/C24H31N3O4S/c1-17-8-11-21(12-9-17)32(30,31)27-15-5-4-6-20(27)13-14-25-23(28)24(29)26-22-16-18(2)7-10-19(22)3/h7-12,16,20H,4-6,13-15H2,1-3H3,(H,25,28)(H,26,29)/t20-/m1/s1. The molecule has 0 aliphatic carbocycles. The van der Waals surface area contributed by atoms with Crippen molar-refractivity contribution in [1.82, 2.24) is 9.62 Å². The van der Waals surface area contributed by atoms with Crippen molar-refractivity contribution in [3.63, 3.8) is 0 Å². The van der Waals surface area contributed by atoms with Crippen LogP contribution in [0.1, 0.15) is 42.4 Å². The Labute approximate surface area is 190 Å². The topological polar surface area (TPSA) is 95.6 Å². The minimum absolute atomic E-state index is 0.211. The third-order valence-electron chi connectivity index (χ3n) is 5.81. The third-order valence-corrected chi connectivity index (χ3v) is 7.78. The van der Waals surface area contributed by atoms with Crippen molar-refractivity contribution >= 4 is 27.5 Å². The van der Waals surface area contributed by atoms with Gasteiger partial charge in [0.25, 0.3) is 0 Å². The number of hydrogen-bond acceptors (Lipinski definition) is 4. The Bertz CT molecular complexity index is 1080. The molecule has 0 aromatic heterocycles. The van der Waals surface area contributed by atoms with Crippen molar-refractivity contribution in [1.29, 1.82) is 0 Å². The second-order valence-corrected chi connectivity index (χ2v) is 10.3. The van der Waals surface area contributed by atoms with Crippen LogP contribution in [-0.4, -0.2) is 43.7 Å². The number of piperidine rings is 1. The van der Waals surface area contributed by atoms with E-state index in [9.17, 15) is 18.0 Å². The van der Waals surface area contributed by atoms with Crippen LogP contribution in [-0.2, 0) is 19.6 Å². The van der Waals surface area contributed by atoms with Crippen LogP contribution in [0.3, 0.4) is 0 Å².